The maximum absolute atomic E-state index is 14.4. The molecule has 6 nitrogen and oxygen atoms in total. The third-order valence-electron chi connectivity index (χ3n) is 4.35. The van der Waals surface area contributed by atoms with Crippen LogP contribution in [0, 0.1) is 11.6 Å². The fourth-order valence-electron chi connectivity index (χ4n) is 3.03. The maximum Gasteiger partial charge on any atom is 0.292 e. The minimum absolute atomic E-state index is 0.0200. The Bertz CT molecular complexity index is 1130. The number of halogens is 2. The first-order valence-electron chi connectivity index (χ1n) is 9.10. The van der Waals surface area contributed by atoms with Gasteiger partial charge in [-0.15, -0.1) is 0 Å². The van der Waals surface area contributed by atoms with Crippen LogP contribution in [0.5, 0.6) is 11.5 Å². The van der Waals surface area contributed by atoms with Crippen LogP contribution in [-0.2, 0) is 16.1 Å². The fourth-order valence-corrected chi connectivity index (χ4v) is 4.13. The molecule has 0 bridgehead atoms. The number of hydrogen-bond acceptors (Lipinski definition) is 5. The predicted octanol–water partition coefficient (Wildman–Crippen LogP) is 3.28. The molecule has 3 aromatic rings. The Morgan fingerprint density at radius 2 is 2.10 bits per heavy atom. The van der Waals surface area contributed by atoms with Gasteiger partial charge in [0.15, 0.2) is 22.1 Å². The zero-order valence-electron chi connectivity index (χ0n) is 15.6. The average Bonchev–Trinajstić information content (AvgIpc) is 3.04. The van der Waals surface area contributed by atoms with Crippen LogP contribution in [0.15, 0.2) is 41.4 Å². The summed E-state index contributed by atoms with van der Waals surface area (Å²) in [5.41, 5.74) is 0.189. The quantitative estimate of drug-likeness (QED) is 0.595. The van der Waals surface area contributed by atoms with E-state index in [1.54, 1.807) is 24.3 Å². The van der Waals surface area contributed by atoms with Crippen LogP contribution in [0.4, 0.5) is 8.78 Å². The molecule has 0 saturated carbocycles. The summed E-state index contributed by atoms with van der Waals surface area (Å²) in [7, 11) is 0. The first-order chi connectivity index (χ1) is 14.1. The molecule has 0 radical (unpaired) electrons. The van der Waals surface area contributed by atoms with Crippen molar-refractivity contribution in [2.24, 2.45) is 4.99 Å². The highest BCUT2D eigenvalue weighted by molar-refractivity contribution is 7.16. The highest BCUT2D eigenvalue weighted by atomic mass is 32.1. The van der Waals surface area contributed by atoms with Crippen molar-refractivity contribution in [3.05, 3.63) is 52.8 Å². The second-order valence-electron chi connectivity index (χ2n) is 6.28. The number of hydrogen-bond donors (Lipinski definition) is 0. The van der Waals surface area contributed by atoms with Gasteiger partial charge in [-0.1, -0.05) is 23.5 Å². The molecule has 4 rings (SSSR count). The maximum atomic E-state index is 14.4. The Morgan fingerprint density at radius 1 is 1.31 bits per heavy atom. The Labute approximate surface area is 169 Å². The van der Waals surface area contributed by atoms with E-state index in [0.29, 0.717) is 29.4 Å². The largest absolute Gasteiger partial charge is 0.485 e. The van der Waals surface area contributed by atoms with Crippen molar-refractivity contribution in [1.29, 1.82) is 0 Å². The van der Waals surface area contributed by atoms with E-state index in [-0.39, 0.29) is 23.5 Å². The van der Waals surface area contributed by atoms with Gasteiger partial charge in [-0.05, 0) is 25.1 Å². The van der Waals surface area contributed by atoms with Crippen LogP contribution in [0.3, 0.4) is 0 Å². The summed E-state index contributed by atoms with van der Waals surface area (Å²) in [6.07, 6.45) is -0.919. The van der Waals surface area contributed by atoms with Crippen molar-refractivity contribution in [2.45, 2.75) is 19.6 Å². The summed E-state index contributed by atoms with van der Waals surface area (Å²) in [5, 5.41) is 0. The molecule has 2 heterocycles. The third kappa shape index (κ3) is 4.01. The summed E-state index contributed by atoms with van der Waals surface area (Å²) in [4.78, 5) is 17.1. The number of nitrogens with zero attached hydrogens (tertiary/aromatic N) is 2. The lowest BCUT2D eigenvalue weighted by Gasteiger charge is -2.23. The number of ether oxygens (including phenoxy) is 3. The molecule has 1 unspecified atom stereocenters. The molecular formula is C20H18F2N2O4S. The minimum atomic E-state index is -0.919. The van der Waals surface area contributed by atoms with Crippen molar-refractivity contribution in [3.8, 4) is 11.5 Å². The lowest BCUT2D eigenvalue weighted by molar-refractivity contribution is -0.127. The Hall–Kier alpha value is -2.78. The molecule has 0 aliphatic carbocycles. The monoisotopic (exact) mass is 420 g/mol. The molecule has 1 aliphatic heterocycles. The number of fused-ring (bicyclic) bond motifs is 2. The van der Waals surface area contributed by atoms with Crippen LogP contribution in [0.1, 0.15) is 6.92 Å². The Morgan fingerprint density at radius 3 is 2.90 bits per heavy atom. The second-order valence-corrected chi connectivity index (χ2v) is 7.29. The molecule has 0 saturated heterocycles. The normalized spacial score (nSPS) is 16.4. The van der Waals surface area contributed by atoms with Gasteiger partial charge in [0.2, 0.25) is 6.10 Å². The van der Waals surface area contributed by atoms with Crippen molar-refractivity contribution >= 4 is 27.5 Å². The van der Waals surface area contributed by atoms with E-state index in [0.717, 1.165) is 17.4 Å². The summed E-state index contributed by atoms with van der Waals surface area (Å²) in [6, 6.07) is 9.07. The zero-order chi connectivity index (χ0) is 20.4. The molecule has 1 atom stereocenters. The topological polar surface area (TPSA) is 62.1 Å². The number of thiazole rings is 1. The van der Waals surface area contributed by atoms with Gasteiger partial charge in [0.25, 0.3) is 5.91 Å². The molecule has 0 fully saturated rings. The number of benzene rings is 2. The summed E-state index contributed by atoms with van der Waals surface area (Å²) >= 11 is 1.03. The smallest absolute Gasteiger partial charge is 0.292 e. The SMILES string of the molecule is CCOCCn1c(=NC(=O)C2COc3ccccc3O2)sc2cc(F)cc(F)c21. The minimum Gasteiger partial charge on any atom is -0.485 e. The number of para-hydroxylation sites is 2. The molecule has 0 spiro atoms. The first-order valence-corrected chi connectivity index (χ1v) is 9.91. The lowest BCUT2D eigenvalue weighted by Crippen LogP contribution is -2.37. The van der Waals surface area contributed by atoms with E-state index in [2.05, 4.69) is 4.99 Å². The average molecular weight is 420 g/mol. The molecular weight excluding hydrogens is 402 g/mol. The van der Waals surface area contributed by atoms with E-state index in [9.17, 15) is 13.6 Å². The van der Waals surface area contributed by atoms with Crippen molar-refractivity contribution < 1.29 is 27.8 Å². The van der Waals surface area contributed by atoms with Crippen molar-refractivity contribution in [3.63, 3.8) is 0 Å². The van der Waals surface area contributed by atoms with E-state index in [1.807, 2.05) is 6.92 Å². The third-order valence-corrected chi connectivity index (χ3v) is 5.37. The van der Waals surface area contributed by atoms with Crippen molar-refractivity contribution in [2.75, 3.05) is 19.8 Å². The molecule has 2 aromatic carbocycles. The molecule has 1 amide bonds. The van der Waals surface area contributed by atoms with Gasteiger partial charge in [0, 0.05) is 19.2 Å². The Kier molecular flexibility index (Phi) is 5.59. The number of rotatable bonds is 5. The summed E-state index contributed by atoms with van der Waals surface area (Å²) < 4.78 is 46.5. The van der Waals surface area contributed by atoms with E-state index < -0.39 is 23.6 Å². The van der Waals surface area contributed by atoms with Crippen molar-refractivity contribution in [1.82, 2.24) is 4.57 Å². The predicted molar refractivity (Wildman–Crippen MR) is 103 cm³/mol. The van der Waals surface area contributed by atoms with Gasteiger partial charge in [-0.2, -0.15) is 4.99 Å². The van der Waals surface area contributed by atoms with Gasteiger partial charge in [0.05, 0.1) is 16.8 Å². The number of amides is 1. The second kappa shape index (κ2) is 8.30. The molecule has 1 aliphatic rings. The van der Waals surface area contributed by atoms with Crippen LogP contribution in [-0.4, -0.2) is 36.4 Å². The summed E-state index contributed by atoms with van der Waals surface area (Å²) in [5.74, 6) is -0.944. The van der Waals surface area contributed by atoms with Crippen LogP contribution < -0.4 is 14.3 Å². The zero-order valence-corrected chi connectivity index (χ0v) is 16.4. The number of aromatic nitrogens is 1. The molecule has 9 heteroatoms. The molecule has 1 aromatic heterocycles. The van der Waals surface area contributed by atoms with E-state index in [4.69, 9.17) is 14.2 Å². The van der Waals surface area contributed by atoms with E-state index >= 15 is 0 Å². The summed E-state index contributed by atoms with van der Waals surface area (Å²) in [6.45, 7) is 2.94. The molecule has 0 N–H and O–H groups in total. The highest BCUT2D eigenvalue weighted by Crippen LogP contribution is 2.31. The van der Waals surface area contributed by atoms with Gasteiger partial charge in [0.1, 0.15) is 12.4 Å². The highest BCUT2D eigenvalue weighted by Gasteiger charge is 2.27. The first kappa shape index (κ1) is 19.5. The fraction of sp³-hybridized carbons (Fsp3) is 0.300. The number of carbonyl (C=O) groups excluding carboxylic acids is 1. The van der Waals surface area contributed by atoms with Gasteiger partial charge in [-0.3, -0.25) is 4.79 Å². The number of carbonyl (C=O) groups is 1. The van der Waals surface area contributed by atoms with Gasteiger partial charge in [-0.25, -0.2) is 8.78 Å². The van der Waals surface area contributed by atoms with Gasteiger partial charge >= 0.3 is 0 Å². The van der Waals surface area contributed by atoms with Crippen LogP contribution >= 0.6 is 11.3 Å². The lowest BCUT2D eigenvalue weighted by atomic mass is 10.2. The van der Waals surface area contributed by atoms with Crippen LogP contribution in [0.25, 0.3) is 10.2 Å². The Balaban J connectivity index is 1.70. The standard InChI is InChI=1S/C20H18F2N2O4S/c1-2-26-8-7-24-18-13(22)9-12(21)10-17(18)29-20(24)23-19(25)16-11-27-14-5-3-4-6-15(14)28-16/h3-6,9-10,16H,2,7-8,11H2,1H3. The van der Waals surface area contributed by atoms with Crippen LogP contribution in [0.2, 0.25) is 0 Å². The molecule has 29 heavy (non-hydrogen) atoms. The molecule has 152 valence electrons. The van der Waals surface area contributed by atoms with Gasteiger partial charge < -0.3 is 18.8 Å². The van der Waals surface area contributed by atoms with E-state index in [1.165, 1.54) is 10.6 Å².